The first-order chi connectivity index (χ1) is 8.65. The van der Waals surface area contributed by atoms with Crippen molar-refractivity contribution in [1.82, 2.24) is 10.3 Å². The Morgan fingerprint density at radius 1 is 1.17 bits per heavy atom. The predicted molar refractivity (Wildman–Crippen MR) is 72.6 cm³/mol. The zero-order valence-electron chi connectivity index (χ0n) is 11.1. The Morgan fingerprint density at radius 3 is 2.44 bits per heavy atom. The fraction of sp³-hybridized carbons (Fsp3) is 0.357. The van der Waals surface area contributed by atoms with Gasteiger partial charge in [0.15, 0.2) is 0 Å². The Balaban J connectivity index is 1.83. The maximum Gasteiger partial charge on any atom is 0.208 e. The number of hydrogen-bond acceptors (Lipinski definition) is 4. The zero-order valence-corrected chi connectivity index (χ0v) is 11.1. The largest absolute Gasteiger partial charge is 0.445 e. The van der Waals surface area contributed by atoms with Crippen LogP contribution in [-0.2, 0) is 13.1 Å². The molecule has 18 heavy (non-hydrogen) atoms. The van der Waals surface area contributed by atoms with Gasteiger partial charge < -0.3 is 14.6 Å². The Hall–Kier alpha value is -1.81. The summed E-state index contributed by atoms with van der Waals surface area (Å²) < 4.78 is 5.39. The number of nitrogens with zero attached hydrogens (tertiary/aromatic N) is 2. The van der Waals surface area contributed by atoms with Crippen molar-refractivity contribution in [3.63, 3.8) is 0 Å². The van der Waals surface area contributed by atoms with Crippen LogP contribution in [0.3, 0.4) is 0 Å². The molecule has 4 heteroatoms. The number of rotatable bonds is 5. The van der Waals surface area contributed by atoms with E-state index >= 15 is 0 Å². The van der Waals surface area contributed by atoms with Crippen molar-refractivity contribution in [2.45, 2.75) is 20.0 Å². The van der Waals surface area contributed by atoms with Crippen molar-refractivity contribution in [3.05, 3.63) is 47.7 Å². The van der Waals surface area contributed by atoms with Crippen molar-refractivity contribution in [2.75, 3.05) is 19.0 Å². The van der Waals surface area contributed by atoms with E-state index < -0.39 is 0 Å². The summed E-state index contributed by atoms with van der Waals surface area (Å²) in [6.45, 7) is 3.37. The lowest BCUT2D eigenvalue weighted by Crippen LogP contribution is -2.13. The number of nitrogens with one attached hydrogen (secondary N) is 1. The molecule has 0 radical (unpaired) electrons. The highest BCUT2D eigenvalue weighted by Gasteiger charge is 2.00. The van der Waals surface area contributed by atoms with Gasteiger partial charge >= 0.3 is 0 Å². The molecule has 1 heterocycles. The molecule has 2 aromatic rings. The predicted octanol–water partition coefficient (Wildman–Crippen LogP) is 2.34. The molecule has 1 aromatic carbocycles. The van der Waals surface area contributed by atoms with Gasteiger partial charge in [-0.2, -0.15) is 0 Å². The van der Waals surface area contributed by atoms with Crippen molar-refractivity contribution >= 4 is 5.69 Å². The first-order valence-electron chi connectivity index (χ1n) is 6.03. The molecule has 0 saturated carbocycles. The van der Waals surface area contributed by atoms with Crippen LogP contribution in [0.4, 0.5) is 5.69 Å². The van der Waals surface area contributed by atoms with Crippen LogP contribution in [0.1, 0.15) is 17.2 Å². The minimum atomic E-state index is 0.656. The SMILES string of the molecule is Cc1cnc(CNCc2ccc(N(C)C)cc2)o1. The van der Waals surface area contributed by atoms with Gasteiger partial charge in [-0.1, -0.05) is 12.1 Å². The second-order valence-electron chi connectivity index (χ2n) is 4.53. The Bertz CT molecular complexity index is 488. The van der Waals surface area contributed by atoms with Gasteiger partial charge in [0.25, 0.3) is 0 Å². The van der Waals surface area contributed by atoms with Crippen LogP contribution in [0.5, 0.6) is 0 Å². The van der Waals surface area contributed by atoms with Crippen LogP contribution in [0.2, 0.25) is 0 Å². The van der Waals surface area contributed by atoms with Gasteiger partial charge in [0, 0.05) is 26.3 Å². The molecule has 0 fully saturated rings. The fourth-order valence-electron chi connectivity index (χ4n) is 1.71. The molecular weight excluding hydrogens is 226 g/mol. The number of benzene rings is 1. The van der Waals surface area contributed by atoms with Gasteiger partial charge in [-0.3, -0.25) is 0 Å². The molecule has 1 aromatic heterocycles. The molecule has 1 N–H and O–H groups in total. The topological polar surface area (TPSA) is 41.3 Å². The van der Waals surface area contributed by atoms with E-state index in [-0.39, 0.29) is 0 Å². The number of anilines is 1. The maximum absolute atomic E-state index is 5.39. The third kappa shape index (κ3) is 3.34. The van der Waals surface area contributed by atoms with Gasteiger partial charge in [-0.15, -0.1) is 0 Å². The van der Waals surface area contributed by atoms with Crippen LogP contribution < -0.4 is 10.2 Å². The van der Waals surface area contributed by atoms with Crippen molar-refractivity contribution in [1.29, 1.82) is 0 Å². The van der Waals surface area contributed by atoms with E-state index in [0.29, 0.717) is 6.54 Å². The summed E-state index contributed by atoms with van der Waals surface area (Å²) in [6, 6.07) is 8.49. The summed E-state index contributed by atoms with van der Waals surface area (Å²) >= 11 is 0. The molecule has 0 spiro atoms. The maximum atomic E-state index is 5.39. The highest BCUT2D eigenvalue weighted by atomic mass is 16.4. The lowest BCUT2D eigenvalue weighted by atomic mass is 10.2. The van der Waals surface area contributed by atoms with Crippen molar-refractivity contribution < 1.29 is 4.42 Å². The summed E-state index contributed by atoms with van der Waals surface area (Å²) in [5, 5.41) is 3.31. The first kappa shape index (κ1) is 12.6. The monoisotopic (exact) mass is 245 g/mol. The molecule has 0 aliphatic heterocycles. The van der Waals surface area contributed by atoms with E-state index in [1.165, 1.54) is 11.3 Å². The van der Waals surface area contributed by atoms with Gasteiger partial charge in [0.1, 0.15) is 5.76 Å². The van der Waals surface area contributed by atoms with Crippen LogP contribution >= 0.6 is 0 Å². The third-order valence-electron chi connectivity index (χ3n) is 2.73. The summed E-state index contributed by atoms with van der Waals surface area (Å²) in [6.07, 6.45) is 1.74. The van der Waals surface area contributed by atoms with Crippen molar-refractivity contribution in [3.8, 4) is 0 Å². The zero-order chi connectivity index (χ0) is 13.0. The quantitative estimate of drug-likeness (QED) is 0.878. The molecule has 0 aliphatic carbocycles. The van der Waals surface area contributed by atoms with E-state index in [1.54, 1.807) is 6.20 Å². The molecule has 4 nitrogen and oxygen atoms in total. The molecule has 0 saturated heterocycles. The Kier molecular flexibility index (Phi) is 3.99. The second kappa shape index (κ2) is 5.69. The van der Waals surface area contributed by atoms with E-state index in [9.17, 15) is 0 Å². The molecule has 96 valence electrons. The molecule has 0 amide bonds. The van der Waals surface area contributed by atoms with Crippen LogP contribution in [0.25, 0.3) is 0 Å². The van der Waals surface area contributed by atoms with E-state index in [4.69, 9.17) is 4.42 Å². The minimum Gasteiger partial charge on any atom is -0.445 e. The normalized spacial score (nSPS) is 10.6. The second-order valence-corrected chi connectivity index (χ2v) is 4.53. The summed E-state index contributed by atoms with van der Waals surface area (Å²) in [4.78, 5) is 6.24. The molecule has 0 aliphatic rings. The van der Waals surface area contributed by atoms with Crippen LogP contribution in [0.15, 0.2) is 34.9 Å². The van der Waals surface area contributed by atoms with Crippen LogP contribution in [-0.4, -0.2) is 19.1 Å². The average molecular weight is 245 g/mol. The Labute approximate surface area is 108 Å². The van der Waals surface area contributed by atoms with Gasteiger partial charge in [0.2, 0.25) is 5.89 Å². The highest BCUT2D eigenvalue weighted by Crippen LogP contribution is 2.12. The molecule has 2 rings (SSSR count). The summed E-state index contributed by atoms with van der Waals surface area (Å²) in [5.41, 5.74) is 2.46. The van der Waals surface area contributed by atoms with E-state index in [2.05, 4.69) is 39.5 Å². The standard InChI is InChI=1S/C14H19N3O/c1-11-8-16-14(18-11)10-15-9-12-4-6-13(7-5-12)17(2)3/h4-8,15H,9-10H2,1-3H3. The van der Waals surface area contributed by atoms with Gasteiger partial charge in [-0.05, 0) is 24.6 Å². The highest BCUT2D eigenvalue weighted by molar-refractivity contribution is 5.45. The molecule has 0 unspecified atom stereocenters. The van der Waals surface area contributed by atoms with Crippen molar-refractivity contribution in [2.24, 2.45) is 0 Å². The lowest BCUT2D eigenvalue weighted by Gasteiger charge is -2.12. The van der Waals surface area contributed by atoms with Crippen LogP contribution in [0, 0.1) is 6.92 Å². The van der Waals surface area contributed by atoms with E-state index in [1.807, 2.05) is 21.0 Å². The number of hydrogen-bond donors (Lipinski definition) is 1. The van der Waals surface area contributed by atoms with Gasteiger partial charge in [-0.25, -0.2) is 4.98 Å². The summed E-state index contributed by atoms with van der Waals surface area (Å²) in [5.74, 6) is 1.58. The minimum absolute atomic E-state index is 0.656. The lowest BCUT2D eigenvalue weighted by molar-refractivity contribution is 0.449. The first-order valence-corrected chi connectivity index (χ1v) is 6.03. The molecule has 0 bridgehead atoms. The smallest absolute Gasteiger partial charge is 0.208 e. The number of aromatic nitrogens is 1. The summed E-state index contributed by atoms with van der Waals surface area (Å²) in [7, 11) is 4.08. The molecular formula is C14H19N3O. The third-order valence-corrected chi connectivity index (χ3v) is 2.73. The average Bonchev–Trinajstić information content (AvgIpc) is 2.76. The Morgan fingerprint density at radius 2 is 1.89 bits per heavy atom. The molecule has 0 atom stereocenters. The number of aryl methyl sites for hydroxylation is 1. The van der Waals surface area contributed by atoms with E-state index in [0.717, 1.165) is 18.2 Å². The fourth-order valence-corrected chi connectivity index (χ4v) is 1.71. The van der Waals surface area contributed by atoms with Gasteiger partial charge in [0.05, 0.1) is 12.7 Å². The number of oxazole rings is 1.